The molecule has 118 valence electrons. The Morgan fingerprint density at radius 3 is 2.64 bits per heavy atom. The summed E-state index contributed by atoms with van der Waals surface area (Å²) >= 11 is 0. The molecule has 2 N–H and O–H groups in total. The molecule has 0 saturated carbocycles. The van der Waals surface area contributed by atoms with Crippen LogP contribution in [0, 0.1) is 13.8 Å². The van der Waals surface area contributed by atoms with E-state index in [2.05, 4.69) is 15.6 Å². The lowest BCUT2D eigenvalue weighted by Crippen LogP contribution is -2.32. The van der Waals surface area contributed by atoms with Gasteiger partial charge in [-0.2, -0.15) is 0 Å². The van der Waals surface area contributed by atoms with Gasteiger partial charge in [-0.15, -0.1) is 0 Å². The van der Waals surface area contributed by atoms with E-state index < -0.39 is 12.1 Å². The van der Waals surface area contributed by atoms with Crippen molar-refractivity contribution < 1.29 is 14.4 Å². The molecule has 1 fully saturated rings. The number of carbonyl (C=O) groups is 3. The quantitative estimate of drug-likeness (QED) is 0.781. The predicted molar refractivity (Wildman–Crippen MR) is 79.9 cm³/mol. The molecular formula is C15H20N4O3. The minimum absolute atomic E-state index is 0.0880. The second kappa shape index (κ2) is 6.55. The first-order valence-electron chi connectivity index (χ1n) is 7.14. The average Bonchev–Trinajstić information content (AvgIpc) is 2.73. The van der Waals surface area contributed by atoms with Crippen LogP contribution in [0.4, 0.5) is 4.79 Å². The maximum Gasteiger partial charge on any atom is 0.322 e. The molecule has 1 aliphatic rings. The standard InChI is InChI=1S/C15H20N4O3/c1-9-6-10(2)16-11(7-9)8-19(3)13(20)5-4-12-14(21)18-15(22)17-12/h6-7,12H,4-5,8H2,1-3H3,(H2,17,18,21,22). The van der Waals surface area contributed by atoms with Crippen molar-refractivity contribution in [1.82, 2.24) is 20.5 Å². The highest BCUT2D eigenvalue weighted by atomic mass is 16.2. The summed E-state index contributed by atoms with van der Waals surface area (Å²) in [7, 11) is 1.70. The molecule has 0 spiro atoms. The second-order valence-electron chi connectivity index (χ2n) is 5.58. The van der Waals surface area contributed by atoms with E-state index in [1.54, 1.807) is 11.9 Å². The van der Waals surface area contributed by atoms with Gasteiger partial charge in [0.2, 0.25) is 5.91 Å². The normalized spacial score (nSPS) is 17.1. The molecule has 0 bridgehead atoms. The Balaban J connectivity index is 1.87. The smallest absolute Gasteiger partial charge is 0.322 e. The highest BCUT2D eigenvalue weighted by molar-refractivity contribution is 6.04. The molecule has 4 amide bonds. The summed E-state index contributed by atoms with van der Waals surface area (Å²) in [5.41, 5.74) is 2.86. The fourth-order valence-corrected chi connectivity index (χ4v) is 2.46. The number of hydrogen-bond acceptors (Lipinski definition) is 4. The first-order valence-corrected chi connectivity index (χ1v) is 7.14. The Bertz CT molecular complexity index is 595. The summed E-state index contributed by atoms with van der Waals surface area (Å²) < 4.78 is 0. The first-order chi connectivity index (χ1) is 10.3. The van der Waals surface area contributed by atoms with Gasteiger partial charge >= 0.3 is 6.03 Å². The minimum Gasteiger partial charge on any atom is -0.340 e. The van der Waals surface area contributed by atoms with Gasteiger partial charge in [0.25, 0.3) is 5.91 Å². The average molecular weight is 304 g/mol. The Labute approximate surface area is 129 Å². The monoisotopic (exact) mass is 304 g/mol. The highest BCUT2D eigenvalue weighted by Gasteiger charge is 2.29. The van der Waals surface area contributed by atoms with Crippen molar-refractivity contribution in [3.05, 3.63) is 29.1 Å². The van der Waals surface area contributed by atoms with Crippen molar-refractivity contribution >= 4 is 17.8 Å². The van der Waals surface area contributed by atoms with E-state index in [1.165, 1.54) is 0 Å². The number of amides is 4. The van der Waals surface area contributed by atoms with Gasteiger partial charge in [-0.05, 0) is 38.0 Å². The molecule has 0 aliphatic carbocycles. The minimum atomic E-state index is -0.621. The number of nitrogens with one attached hydrogen (secondary N) is 2. The maximum atomic E-state index is 12.1. The van der Waals surface area contributed by atoms with Gasteiger partial charge < -0.3 is 10.2 Å². The van der Waals surface area contributed by atoms with Crippen LogP contribution < -0.4 is 10.6 Å². The molecular weight excluding hydrogens is 284 g/mol. The van der Waals surface area contributed by atoms with Gasteiger partial charge in [-0.25, -0.2) is 4.79 Å². The van der Waals surface area contributed by atoms with Crippen LogP contribution in [0.5, 0.6) is 0 Å². The molecule has 1 aromatic heterocycles. The lowest BCUT2D eigenvalue weighted by molar-refractivity contribution is -0.130. The number of nitrogens with zero attached hydrogens (tertiary/aromatic N) is 2. The van der Waals surface area contributed by atoms with Crippen LogP contribution >= 0.6 is 0 Å². The van der Waals surface area contributed by atoms with Gasteiger partial charge in [0.1, 0.15) is 6.04 Å². The third kappa shape index (κ3) is 4.03. The number of hydrogen-bond donors (Lipinski definition) is 2. The van der Waals surface area contributed by atoms with Crippen molar-refractivity contribution in [3.8, 4) is 0 Å². The van der Waals surface area contributed by atoms with Crippen LogP contribution in [0.25, 0.3) is 0 Å². The van der Waals surface area contributed by atoms with Crippen LogP contribution in [-0.4, -0.2) is 40.8 Å². The molecule has 1 aromatic rings. The van der Waals surface area contributed by atoms with E-state index in [9.17, 15) is 14.4 Å². The second-order valence-corrected chi connectivity index (χ2v) is 5.58. The number of rotatable bonds is 5. The van der Waals surface area contributed by atoms with Crippen LogP contribution in [0.3, 0.4) is 0 Å². The van der Waals surface area contributed by atoms with Crippen LogP contribution in [0.2, 0.25) is 0 Å². The predicted octanol–water partition coefficient (Wildman–Crippen LogP) is 0.645. The Morgan fingerprint density at radius 2 is 2.05 bits per heavy atom. The molecule has 0 aromatic carbocycles. The van der Waals surface area contributed by atoms with Gasteiger partial charge in [0, 0.05) is 19.2 Å². The van der Waals surface area contributed by atoms with E-state index in [0.29, 0.717) is 13.0 Å². The van der Waals surface area contributed by atoms with E-state index in [0.717, 1.165) is 17.0 Å². The zero-order valence-corrected chi connectivity index (χ0v) is 13.0. The van der Waals surface area contributed by atoms with Gasteiger partial charge in [0.15, 0.2) is 0 Å². The summed E-state index contributed by atoms with van der Waals surface area (Å²) in [4.78, 5) is 40.5. The van der Waals surface area contributed by atoms with Crippen molar-refractivity contribution in [2.24, 2.45) is 0 Å². The molecule has 7 nitrogen and oxygen atoms in total. The topological polar surface area (TPSA) is 91.4 Å². The number of imide groups is 1. The van der Waals surface area contributed by atoms with Crippen LogP contribution in [0.1, 0.15) is 29.8 Å². The SMILES string of the molecule is Cc1cc(C)nc(CN(C)C(=O)CCC2NC(=O)NC2=O)c1. The van der Waals surface area contributed by atoms with Crippen molar-refractivity contribution in [3.63, 3.8) is 0 Å². The first kappa shape index (κ1) is 15.9. The zero-order chi connectivity index (χ0) is 16.3. The van der Waals surface area contributed by atoms with E-state index in [-0.39, 0.29) is 18.2 Å². The molecule has 1 unspecified atom stereocenters. The summed E-state index contributed by atoms with van der Waals surface area (Å²) in [6.07, 6.45) is 0.487. The Morgan fingerprint density at radius 1 is 1.32 bits per heavy atom. The third-order valence-corrected chi connectivity index (χ3v) is 3.48. The molecule has 1 aliphatic heterocycles. The van der Waals surface area contributed by atoms with Crippen molar-refractivity contribution in [1.29, 1.82) is 0 Å². The molecule has 22 heavy (non-hydrogen) atoms. The van der Waals surface area contributed by atoms with Crippen LogP contribution in [0.15, 0.2) is 12.1 Å². The summed E-state index contributed by atoms with van der Waals surface area (Å²) in [5.74, 6) is -0.466. The summed E-state index contributed by atoms with van der Waals surface area (Å²) in [6, 6.07) is 2.80. The van der Waals surface area contributed by atoms with Crippen molar-refractivity contribution in [2.45, 2.75) is 39.3 Å². The fraction of sp³-hybridized carbons (Fsp3) is 0.467. The van der Waals surface area contributed by atoms with E-state index in [4.69, 9.17) is 0 Å². The van der Waals surface area contributed by atoms with Gasteiger partial charge in [-0.3, -0.25) is 19.9 Å². The number of pyridine rings is 1. The lowest BCUT2D eigenvalue weighted by atomic mass is 10.1. The third-order valence-electron chi connectivity index (χ3n) is 3.48. The number of carbonyl (C=O) groups excluding carboxylic acids is 3. The molecule has 1 saturated heterocycles. The van der Waals surface area contributed by atoms with E-state index in [1.807, 2.05) is 26.0 Å². The highest BCUT2D eigenvalue weighted by Crippen LogP contribution is 2.09. The van der Waals surface area contributed by atoms with Gasteiger partial charge in [-0.1, -0.05) is 0 Å². The van der Waals surface area contributed by atoms with E-state index >= 15 is 0 Å². The maximum absolute atomic E-state index is 12.1. The Hall–Kier alpha value is -2.44. The number of aryl methyl sites for hydroxylation is 2. The molecule has 7 heteroatoms. The largest absolute Gasteiger partial charge is 0.340 e. The molecule has 0 radical (unpaired) electrons. The lowest BCUT2D eigenvalue weighted by Gasteiger charge is -2.18. The number of urea groups is 1. The summed E-state index contributed by atoms with van der Waals surface area (Å²) in [5, 5.41) is 4.63. The van der Waals surface area contributed by atoms with Crippen LogP contribution in [-0.2, 0) is 16.1 Å². The zero-order valence-electron chi connectivity index (χ0n) is 13.0. The molecule has 2 rings (SSSR count). The fourth-order valence-electron chi connectivity index (χ4n) is 2.46. The van der Waals surface area contributed by atoms with Crippen molar-refractivity contribution in [2.75, 3.05) is 7.05 Å². The molecule has 1 atom stereocenters. The van der Waals surface area contributed by atoms with Gasteiger partial charge in [0.05, 0.1) is 12.2 Å². The Kier molecular flexibility index (Phi) is 4.75. The summed E-state index contributed by atoms with van der Waals surface area (Å²) in [6.45, 7) is 4.33. The number of aromatic nitrogens is 1. The molecule has 2 heterocycles.